The van der Waals surface area contributed by atoms with Gasteiger partial charge in [-0.3, -0.25) is 9.59 Å². The summed E-state index contributed by atoms with van der Waals surface area (Å²) in [7, 11) is 2.85. The first-order valence-corrected chi connectivity index (χ1v) is 11.1. The molecule has 2 heterocycles. The molecule has 1 spiro atoms. The number of aliphatic hydroxyl groups is 1. The minimum atomic E-state index is -1.73. The molecule has 4 rings (SSSR count). The van der Waals surface area contributed by atoms with Gasteiger partial charge in [-0.25, -0.2) is 0 Å². The highest BCUT2D eigenvalue weighted by Gasteiger charge is 2.60. The number of allylic oxidation sites excluding steroid dienone is 1. The number of furan rings is 1. The summed E-state index contributed by atoms with van der Waals surface area (Å²) in [6.45, 7) is 2.27. The van der Waals surface area contributed by atoms with E-state index in [9.17, 15) is 14.7 Å². The molecule has 1 aliphatic heterocycles. The number of Topliss-reactive ketones (excluding diaryl/α,β-unsaturated/α-hetero) is 1. The first-order chi connectivity index (χ1) is 16.3. The summed E-state index contributed by atoms with van der Waals surface area (Å²) in [4.78, 5) is 26.7. The molecular formula is C24H26ClNO8. The minimum absolute atomic E-state index is 0.0806. The molecule has 0 fully saturated rings. The van der Waals surface area contributed by atoms with Gasteiger partial charge in [0.1, 0.15) is 34.5 Å². The number of ether oxygens (including phenoxy) is 4. The molecule has 0 amide bonds. The third kappa shape index (κ3) is 4.15. The van der Waals surface area contributed by atoms with Gasteiger partial charge < -0.3 is 33.8 Å². The van der Waals surface area contributed by atoms with Crippen molar-refractivity contribution in [3.63, 3.8) is 0 Å². The van der Waals surface area contributed by atoms with E-state index in [4.69, 9.17) is 35.0 Å². The molecule has 0 radical (unpaired) electrons. The maximum atomic E-state index is 13.5. The second-order valence-corrected chi connectivity index (χ2v) is 8.61. The Morgan fingerprint density at radius 1 is 1.29 bits per heavy atom. The molecule has 1 aromatic carbocycles. The predicted molar refractivity (Wildman–Crippen MR) is 121 cm³/mol. The van der Waals surface area contributed by atoms with Crippen molar-refractivity contribution >= 4 is 23.2 Å². The molecule has 3 atom stereocenters. The van der Waals surface area contributed by atoms with Gasteiger partial charge in [0.2, 0.25) is 17.2 Å². The van der Waals surface area contributed by atoms with Crippen LogP contribution < -0.4 is 19.5 Å². The van der Waals surface area contributed by atoms with Crippen molar-refractivity contribution in [3.05, 3.63) is 52.6 Å². The van der Waals surface area contributed by atoms with Gasteiger partial charge >= 0.3 is 0 Å². The zero-order valence-electron chi connectivity index (χ0n) is 19.1. The van der Waals surface area contributed by atoms with Crippen molar-refractivity contribution in [3.8, 4) is 17.2 Å². The topological polar surface area (TPSA) is 116 Å². The van der Waals surface area contributed by atoms with Crippen molar-refractivity contribution in [2.45, 2.75) is 31.7 Å². The number of carbonyl (C=O) groups is 2. The lowest BCUT2D eigenvalue weighted by atomic mass is 9.74. The lowest BCUT2D eigenvalue weighted by molar-refractivity contribution is -0.129. The van der Waals surface area contributed by atoms with E-state index in [1.165, 1.54) is 26.4 Å². The fourth-order valence-corrected chi connectivity index (χ4v) is 4.52. The average molecular weight is 492 g/mol. The first-order valence-electron chi connectivity index (χ1n) is 10.8. The van der Waals surface area contributed by atoms with Gasteiger partial charge in [-0.1, -0.05) is 18.5 Å². The summed E-state index contributed by atoms with van der Waals surface area (Å²) in [5, 5.41) is 13.4. The Morgan fingerprint density at radius 3 is 2.71 bits per heavy atom. The molecule has 1 aliphatic carbocycles. The minimum Gasteiger partial charge on any atom is -0.496 e. The maximum absolute atomic E-state index is 13.5. The quantitative estimate of drug-likeness (QED) is 0.510. The van der Waals surface area contributed by atoms with Crippen LogP contribution in [0.1, 0.15) is 29.5 Å². The van der Waals surface area contributed by atoms with Crippen LogP contribution in [0.2, 0.25) is 5.02 Å². The fraction of sp³-hybridized carbons (Fsp3) is 0.417. The molecule has 2 N–H and O–H groups in total. The van der Waals surface area contributed by atoms with E-state index >= 15 is 0 Å². The van der Waals surface area contributed by atoms with Gasteiger partial charge in [-0.05, 0) is 18.6 Å². The summed E-state index contributed by atoms with van der Waals surface area (Å²) < 4.78 is 27.2. The molecule has 0 bridgehead atoms. The van der Waals surface area contributed by atoms with Crippen molar-refractivity contribution in [1.82, 2.24) is 5.32 Å². The summed E-state index contributed by atoms with van der Waals surface area (Å²) >= 11 is 6.39. The molecular weight excluding hydrogens is 466 g/mol. The van der Waals surface area contributed by atoms with Crippen LogP contribution in [0, 0.1) is 5.92 Å². The van der Waals surface area contributed by atoms with Crippen LogP contribution >= 0.6 is 11.6 Å². The van der Waals surface area contributed by atoms with Crippen molar-refractivity contribution < 1.29 is 38.1 Å². The number of aliphatic hydroxyl groups excluding tert-OH is 1. The lowest BCUT2D eigenvalue weighted by Crippen LogP contribution is -2.55. The zero-order valence-corrected chi connectivity index (χ0v) is 19.8. The van der Waals surface area contributed by atoms with Crippen LogP contribution in [0.3, 0.4) is 0 Å². The Balaban J connectivity index is 1.45. The maximum Gasteiger partial charge on any atom is 0.236 e. The van der Waals surface area contributed by atoms with Crippen molar-refractivity contribution in [2.24, 2.45) is 5.92 Å². The van der Waals surface area contributed by atoms with Crippen LogP contribution in [0.15, 0.2) is 40.7 Å². The summed E-state index contributed by atoms with van der Waals surface area (Å²) in [6.07, 6.45) is 2.44. The molecule has 182 valence electrons. The number of ketones is 2. The van der Waals surface area contributed by atoms with Crippen LogP contribution in [-0.4, -0.2) is 55.7 Å². The number of benzene rings is 1. The monoisotopic (exact) mass is 491 g/mol. The second kappa shape index (κ2) is 9.69. The number of rotatable bonds is 9. The Hall–Kier alpha value is -3.01. The number of methoxy groups -OCH3 is 2. The Kier molecular flexibility index (Phi) is 6.88. The summed E-state index contributed by atoms with van der Waals surface area (Å²) in [6, 6.07) is 5.04. The van der Waals surface area contributed by atoms with Gasteiger partial charge in [-0.15, -0.1) is 0 Å². The van der Waals surface area contributed by atoms with Gasteiger partial charge in [-0.2, -0.15) is 0 Å². The van der Waals surface area contributed by atoms with Crippen LogP contribution in [-0.2, 0) is 16.1 Å². The van der Waals surface area contributed by atoms with Crippen LogP contribution in [0.25, 0.3) is 0 Å². The third-order valence-corrected chi connectivity index (χ3v) is 6.37. The number of halogens is 1. The molecule has 1 aromatic heterocycles. The largest absolute Gasteiger partial charge is 0.496 e. The molecule has 2 aromatic rings. The standard InChI is InChI=1S/C24H26ClNO8/c1-13-7-14(26-10-15(27)11-32-12-16-5-4-6-33-16)8-19(28)24(13)23(29)20-17(30-2)9-18(31-3)21(25)22(20)34-24/h4-6,8-9,13,15,26-27H,7,10-12H2,1-3H3. The molecule has 0 saturated carbocycles. The van der Waals surface area contributed by atoms with E-state index in [-0.39, 0.29) is 47.6 Å². The van der Waals surface area contributed by atoms with Gasteiger partial charge in [0.05, 0.1) is 33.2 Å². The Bertz CT molecular complexity index is 1110. The smallest absolute Gasteiger partial charge is 0.236 e. The predicted octanol–water partition coefficient (Wildman–Crippen LogP) is 2.92. The van der Waals surface area contributed by atoms with Crippen molar-refractivity contribution in [2.75, 3.05) is 27.4 Å². The summed E-state index contributed by atoms with van der Waals surface area (Å²) in [5.74, 6) is -0.262. The third-order valence-electron chi connectivity index (χ3n) is 6.01. The fourth-order valence-electron chi connectivity index (χ4n) is 4.25. The molecule has 0 saturated heterocycles. The number of nitrogens with one attached hydrogen (secondary N) is 1. The van der Waals surface area contributed by atoms with Crippen molar-refractivity contribution in [1.29, 1.82) is 0 Å². The average Bonchev–Trinajstić information content (AvgIpc) is 3.44. The summed E-state index contributed by atoms with van der Waals surface area (Å²) in [5.41, 5.74) is -1.01. The molecule has 2 aliphatic rings. The molecule has 9 nitrogen and oxygen atoms in total. The Labute approximate surface area is 201 Å². The molecule has 3 unspecified atom stereocenters. The number of fused-ring (bicyclic) bond motifs is 1. The first kappa shape index (κ1) is 24.1. The lowest BCUT2D eigenvalue weighted by Gasteiger charge is -2.35. The van der Waals surface area contributed by atoms with E-state index in [0.29, 0.717) is 17.9 Å². The van der Waals surface area contributed by atoms with Gasteiger partial charge in [0.25, 0.3) is 0 Å². The molecule has 34 heavy (non-hydrogen) atoms. The Morgan fingerprint density at radius 2 is 2.06 bits per heavy atom. The van der Waals surface area contributed by atoms with E-state index in [2.05, 4.69) is 5.32 Å². The highest BCUT2D eigenvalue weighted by molar-refractivity contribution is 6.36. The van der Waals surface area contributed by atoms with E-state index in [1.807, 2.05) is 0 Å². The van der Waals surface area contributed by atoms with E-state index in [1.54, 1.807) is 25.3 Å². The van der Waals surface area contributed by atoms with E-state index < -0.39 is 29.2 Å². The normalized spacial score (nSPS) is 22.3. The van der Waals surface area contributed by atoms with Gasteiger partial charge in [0.15, 0.2) is 5.75 Å². The second-order valence-electron chi connectivity index (χ2n) is 8.23. The van der Waals surface area contributed by atoms with Gasteiger partial charge in [0, 0.05) is 30.3 Å². The number of carbonyl (C=O) groups excluding carboxylic acids is 2. The highest BCUT2D eigenvalue weighted by atomic mass is 35.5. The molecule has 10 heteroatoms. The number of hydrogen-bond acceptors (Lipinski definition) is 9. The van der Waals surface area contributed by atoms with E-state index in [0.717, 1.165) is 0 Å². The highest BCUT2D eigenvalue weighted by Crippen LogP contribution is 2.52. The van der Waals surface area contributed by atoms with Crippen LogP contribution in [0.4, 0.5) is 0 Å². The zero-order chi connectivity index (χ0) is 24.5. The SMILES string of the molecule is COc1cc(OC)c2c(c1Cl)OC1(C(=O)C=C(NCC(O)COCc3ccco3)CC1C)C2=O. The number of hydrogen-bond donors (Lipinski definition) is 2. The van der Waals surface area contributed by atoms with Crippen LogP contribution in [0.5, 0.6) is 17.2 Å².